The number of para-hydroxylation sites is 1. The maximum absolute atomic E-state index is 5.77. The summed E-state index contributed by atoms with van der Waals surface area (Å²) >= 11 is 0. The first-order valence-electron chi connectivity index (χ1n) is 6.49. The van der Waals surface area contributed by atoms with E-state index in [0.29, 0.717) is 12.4 Å². The second-order valence-electron chi connectivity index (χ2n) is 4.58. The summed E-state index contributed by atoms with van der Waals surface area (Å²) in [5.74, 6) is 2.24. The van der Waals surface area contributed by atoms with Crippen LogP contribution in [0.4, 0.5) is 5.69 Å². The zero-order chi connectivity index (χ0) is 13.1. The lowest BCUT2D eigenvalue weighted by Gasteiger charge is -2.31. The van der Waals surface area contributed by atoms with E-state index in [4.69, 9.17) is 14.2 Å². The molecule has 0 spiro atoms. The molecule has 0 aliphatic carbocycles. The van der Waals surface area contributed by atoms with Crippen LogP contribution < -0.4 is 19.7 Å². The molecule has 0 aromatic heterocycles. The molecule has 5 heteroatoms. The molecule has 1 fully saturated rings. The zero-order valence-corrected chi connectivity index (χ0v) is 11.0. The molecule has 0 atom stereocenters. The monoisotopic (exact) mass is 262 g/mol. The molecule has 1 saturated heterocycles. The smallest absolute Gasteiger partial charge is 0.192 e. The summed E-state index contributed by atoms with van der Waals surface area (Å²) in [7, 11) is 1.64. The third-order valence-corrected chi connectivity index (χ3v) is 3.25. The van der Waals surface area contributed by atoms with Gasteiger partial charge in [-0.05, 0) is 12.1 Å². The Morgan fingerprint density at radius 3 is 2.95 bits per heavy atom. The van der Waals surface area contributed by atoms with Gasteiger partial charge in [0.2, 0.25) is 0 Å². The van der Waals surface area contributed by atoms with Crippen molar-refractivity contribution in [2.45, 2.75) is 0 Å². The molecule has 2 heterocycles. The fraction of sp³-hybridized carbons (Fsp3) is 0.429. The number of nitrogens with one attached hydrogen (secondary N) is 1. The SMILES string of the molecule is COCC1=COc2c(cccc2N2CCNCC2)O1. The topological polar surface area (TPSA) is 43.0 Å². The van der Waals surface area contributed by atoms with Gasteiger partial charge in [0.1, 0.15) is 12.9 Å². The Kier molecular flexibility index (Phi) is 3.57. The summed E-state index contributed by atoms with van der Waals surface area (Å²) in [5.41, 5.74) is 1.09. The van der Waals surface area contributed by atoms with E-state index in [-0.39, 0.29) is 0 Å². The fourth-order valence-electron chi connectivity index (χ4n) is 2.35. The van der Waals surface area contributed by atoms with Gasteiger partial charge >= 0.3 is 0 Å². The van der Waals surface area contributed by atoms with Gasteiger partial charge in [-0.1, -0.05) is 6.07 Å². The van der Waals surface area contributed by atoms with Crippen molar-refractivity contribution in [2.24, 2.45) is 0 Å². The molecule has 0 amide bonds. The first-order chi connectivity index (χ1) is 9.38. The number of methoxy groups -OCH3 is 1. The van der Waals surface area contributed by atoms with Gasteiger partial charge in [0.25, 0.3) is 0 Å². The summed E-state index contributed by atoms with van der Waals surface area (Å²) in [6.45, 7) is 4.37. The van der Waals surface area contributed by atoms with Gasteiger partial charge < -0.3 is 24.4 Å². The number of rotatable bonds is 3. The second kappa shape index (κ2) is 5.50. The molecule has 1 aromatic rings. The Balaban J connectivity index is 1.85. The van der Waals surface area contributed by atoms with E-state index < -0.39 is 0 Å². The van der Waals surface area contributed by atoms with Crippen LogP contribution in [0.1, 0.15) is 0 Å². The van der Waals surface area contributed by atoms with Crippen molar-refractivity contribution in [1.82, 2.24) is 5.32 Å². The van der Waals surface area contributed by atoms with E-state index in [1.807, 2.05) is 12.1 Å². The number of fused-ring (bicyclic) bond motifs is 1. The summed E-state index contributed by atoms with van der Waals surface area (Å²) in [6.07, 6.45) is 1.62. The molecular formula is C14H18N2O3. The van der Waals surface area contributed by atoms with Gasteiger partial charge in [-0.25, -0.2) is 0 Å². The maximum Gasteiger partial charge on any atom is 0.192 e. The standard InChI is InChI=1S/C14H18N2O3/c1-17-9-11-10-18-14-12(3-2-4-13(14)19-11)16-7-5-15-6-8-16/h2-4,10,15H,5-9H2,1H3. The van der Waals surface area contributed by atoms with Gasteiger partial charge in [0.15, 0.2) is 17.3 Å². The maximum atomic E-state index is 5.77. The van der Waals surface area contributed by atoms with E-state index in [2.05, 4.69) is 16.3 Å². The van der Waals surface area contributed by atoms with Crippen LogP contribution in [-0.4, -0.2) is 39.9 Å². The van der Waals surface area contributed by atoms with Crippen LogP contribution in [0.5, 0.6) is 11.5 Å². The van der Waals surface area contributed by atoms with Crippen molar-refractivity contribution >= 4 is 5.69 Å². The van der Waals surface area contributed by atoms with Crippen LogP contribution in [0.25, 0.3) is 0 Å². The molecule has 0 saturated carbocycles. The van der Waals surface area contributed by atoms with Crippen LogP contribution in [0, 0.1) is 0 Å². The van der Waals surface area contributed by atoms with Crippen molar-refractivity contribution in [3.8, 4) is 11.5 Å². The molecule has 0 bridgehead atoms. The number of hydrogen-bond donors (Lipinski definition) is 1. The molecular weight excluding hydrogens is 244 g/mol. The molecule has 1 N–H and O–H groups in total. The highest BCUT2D eigenvalue weighted by Gasteiger charge is 2.22. The molecule has 0 radical (unpaired) electrons. The molecule has 19 heavy (non-hydrogen) atoms. The number of ether oxygens (including phenoxy) is 3. The quantitative estimate of drug-likeness (QED) is 0.891. The van der Waals surface area contributed by atoms with Crippen LogP contribution in [0.3, 0.4) is 0 Å². The molecule has 2 aliphatic rings. The lowest BCUT2D eigenvalue weighted by atomic mass is 10.2. The van der Waals surface area contributed by atoms with Crippen LogP contribution >= 0.6 is 0 Å². The van der Waals surface area contributed by atoms with Crippen molar-refractivity contribution in [1.29, 1.82) is 0 Å². The van der Waals surface area contributed by atoms with Crippen molar-refractivity contribution < 1.29 is 14.2 Å². The van der Waals surface area contributed by atoms with Gasteiger partial charge in [0.05, 0.1) is 5.69 Å². The second-order valence-corrected chi connectivity index (χ2v) is 4.58. The van der Waals surface area contributed by atoms with E-state index >= 15 is 0 Å². The van der Waals surface area contributed by atoms with Gasteiger partial charge in [-0.2, -0.15) is 0 Å². The normalized spacial score (nSPS) is 18.2. The minimum Gasteiger partial charge on any atom is -0.455 e. The minimum absolute atomic E-state index is 0.414. The summed E-state index contributed by atoms with van der Waals surface area (Å²) < 4.78 is 16.6. The molecule has 2 aliphatic heterocycles. The first kappa shape index (κ1) is 12.3. The van der Waals surface area contributed by atoms with Crippen LogP contribution in [0.15, 0.2) is 30.2 Å². The zero-order valence-electron chi connectivity index (χ0n) is 11.0. The number of benzene rings is 1. The highest BCUT2D eigenvalue weighted by Crippen LogP contribution is 2.41. The average molecular weight is 262 g/mol. The Hall–Kier alpha value is -1.72. The lowest BCUT2D eigenvalue weighted by molar-refractivity contribution is 0.175. The number of nitrogens with zero attached hydrogens (tertiary/aromatic N) is 1. The van der Waals surface area contributed by atoms with Gasteiger partial charge in [-0.15, -0.1) is 0 Å². The fourth-order valence-corrected chi connectivity index (χ4v) is 2.35. The first-order valence-corrected chi connectivity index (χ1v) is 6.49. The van der Waals surface area contributed by atoms with E-state index in [9.17, 15) is 0 Å². The molecule has 3 rings (SSSR count). The van der Waals surface area contributed by atoms with E-state index in [1.54, 1.807) is 13.4 Å². The van der Waals surface area contributed by atoms with Gasteiger partial charge in [-0.3, -0.25) is 0 Å². The van der Waals surface area contributed by atoms with Crippen molar-refractivity contribution in [2.75, 3.05) is 44.8 Å². The third kappa shape index (κ3) is 2.52. The molecule has 102 valence electrons. The highest BCUT2D eigenvalue weighted by molar-refractivity contribution is 5.66. The average Bonchev–Trinajstić information content (AvgIpc) is 2.48. The summed E-state index contributed by atoms with van der Waals surface area (Å²) in [4.78, 5) is 2.31. The number of anilines is 1. The third-order valence-electron chi connectivity index (χ3n) is 3.25. The predicted octanol–water partition coefficient (Wildman–Crippen LogP) is 1.36. The predicted molar refractivity (Wildman–Crippen MR) is 72.7 cm³/mol. The Morgan fingerprint density at radius 2 is 2.16 bits per heavy atom. The van der Waals surface area contributed by atoms with Crippen molar-refractivity contribution in [3.05, 3.63) is 30.2 Å². The Morgan fingerprint density at radius 1 is 1.32 bits per heavy atom. The van der Waals surface area contributed by atoms with Crippen molar-refractivity contribution in [3.63, 3.8) is 0 Å². The highest BCUT2D eigenvalue weighted by atomic mass is 16.6. The Bertz CT molecular complexity index is 482. The lowest BCUT2D eigenvalue weighted by Crippen LogP contribution is -2.43. The number of piperazine rings is 1. The summed E-state index contributed by atoms with van der Waals surface area (Å²) in [6, 6.07) is 5.99. The number of hydrogen-bond acceptors (Lipinski definition) is 5. The Labute approximate surface area is 112 Å². The molecule has 1 aromatic carbocycles. The largest absolute Gasteiger partial charge is 0.455 e. The minimum atomic E-state index is 0.414. The molecule has 5 nitrogen and oxygen atoms in total. The molecule has 0 unspecified atom stereocenters. The summed E-state index contributed by atoms with van der Waals surface area (Å²) in [5, 5.41) is 3.35. The van der Waals surface area contributed by atoms with E-state index in [1.165, 1.54) is 0 Å². The van der Waals surface area contributed by atoms with Crippen LogP contribution in [-0.2, 0) is 4.74 Å². The van der Waals surface area contributed by atoms with E-state index in [0.717, 1.165) is 43.4 Å². The van der Waals surface area contributed by atoms with Gasteiger partial charge in [0, 0.05) is 33.3 Å². The van der Waals surface area contributed by atoms with Crippen LogP contribution in [0.2, 0.25) is 0 Å².